The number of carbonyl (C=O) groups is 2. The lowest BCUT2D eigenvalue weighted by atomic mass is 9.33. The SMILES string of the molecule is CC(=O)O[C@H]1CC[C@]2(C)[C@H]3CC=C4[C@@H]5C[C@](C)(C(=O)O)CC[C@]5(C)CC[C@@]4(C)[C@]3(C)CC[C@H]2C1(C)C. The number of ether oxygens (including phenoxy) is 1. The summed E-state index contributed by atoms with van der Waals surface area (Å²) in [5, 5.41) is 10.1. The summed E-state index contributed by atoms with van der Waals surface area (Å²) >= 11 is 0. The van der Waals surface area contributed by atoms with Gasteiger partial charge in [-0.2, -0.15) is 0 Å². The monoisotopic (exact) mass is 498 g/mol. The molecule has 9 atom stereocenters. The molecule has 0 spiro atoms. The summed E-state index contributed by atoms with van der Waals surface area (Å²) in [5.41, 5.74) is 1.77. The van der Waals surface area contributed by atoms with Crippen molar-refractivity contribution in [3.05, 3.63) is 11.6 Å². The van der Waals surface area contributed by atoms with Crippen molar-refractivity contribution in [1.82, 2.24) is 0 Å². The molecule has 5 rings (SSSR count). The van der Waals surface area contributed by atoms with E-state index in [-0.39, 0.29) is 39.1 Å². The van der Waals surface area contributed by atoms with Crippen molar-refractivity contribution in [3.63, 3.8) is 0 Å². The lowest BCUT2D eigenvalue weighted by molar-refractivity contribution is -0.212. The lowest BCUT2D eigenvalue weighted by Gasteiger charge is -2.71. The average Bonchev–Trinajstić information content (AvgIpc) is 2.77. The first kappa shape index (κ1) is 26.3. The second kappa shape index (κ2) is 7.85. The normalized spacial score (nSPS) is 51.5. The van der Waals surface area contributed by atoms with E-state index in [9.17, 15) is 14.7 Å². The van der Waals surface area contributed by atoms with E-state index < -0.39 is 11.4 Å². The Balaban J connectivity index is 1.53. The maximum Gasteiger partial charge on any atom is 0.309 e. The zero-order valence-electron chi connectivity index (χ0n) is 24.1. The highest BCUT2D eigenvalue weighted by Crippen LogP contribution is 2.75. The molecule has 0 bridgehead atoms. The molecule has 202 valence electrons. The topological polar surface area (TPSA) is 63.6 Å². The number of allylic oxidation sites excluding steroid dienone is 2. The van der Waals surface area contributed by atoms with Crippen LogP contribution >= 0.6 is 0 Å². The fourth-order valence-corrected chi connectivity index (χ4v) is 10.9. The number of hydrogen-bond donors (Lipinski definition) is 1. The van der Waals surface area contributed by atoms with Gasteiger partial charge in [-0.15, -0.1) is 0 Å². The Hall–Kier alpha value is -1.32. The molecule has 5 aliphatic rings. The van der Waals surface area contributed by atoms with Crippen molar-refractivity contribution >= 4 is 11.9 Å². The maximum absolute atomic E-state index is 12.3. The molecule has 0 aromatic carbocycles. The molecule has 4 saturated carbocycles. The first-order valence-electron chi connectivity index (χ1n) is 14.6. The second-order valence-electron chi connectivity index (χ2n) is 15.5. The van der Waals surface area contributed by atoms with Crippen molar-refractivity contribution in [3.8, 4) is 0 Å². The van der Waals surface area contributed by atoms with Gasteiger partial charge in [0.05, 0.1) is 5.41 Å². The Morgan fingerprint density at radius 3 is 2.19 bits per heavy atom. The zero-order chi connectivity index (χ0) is 26.5. The molecule has 0 aliphatic heterocycles. The molecule has 1 N–H and O–H groups in total. The molecule has 4 heteroatoms. The van der Waals surface area contributed by atoms with Crippen molar-refractivity contribution in [2.24, 2.45) is 50.2 Å². The summed E-state index contributed by atoms with van der Waals surface area (Å²) in [4.78, 5) is 24.2. The van der Waals surface area contributed by atoms with Gasteiger partial charge in [0.2, 0.25) is 0 Å². The molecular formula is C32H50O4. The Bertz CT molecular complexity index is 996. The number of fused-ring (bicyclic) bond motifs is 7. The van der Waals surface area contributed by atoms with E-state index in [4.69, 9.17) is 4.74 Å². The minimum absolute atomic E-state index is 0.00837. The number of carboxylic acids is 1. The molecular weight excluding hydrogens is 448 g/mol. The van der Waals surface area contributed by atoms with Crippen LogP contribution in [0, 0.1) is 50.2 Å². The zero-order valence-corrected chi connectivity index (χ0v) is 24.1. The van der Waals surface area contributed by atoms with E-state index in [1.165, 1.54) is 25.7 Å². The van der Waals surface area contributed by atoms with Crippen LogP contribution < -0.4 is 0 Å². The number of carboxylic acid groups (broad SMARTS) is 1. The van der Waals surface area contributed by atoms with Crippen LogP contribution in [-0.2, 0) is 14.3 Å². The third-order valence-electron chi connectivity index (χ3n) is 13.6. The number of aliphatic carboxylic acids is 1. The van der Waals surface area contributed by atoms with Crippen LogP contribution in [0.3, 0.4) is 0 Å². The van der Waals surface area contributed by atoms with Crippen LogP contribution in [0.1, 0.15) is 120 Å². The van der Waals surface area contributed by atoms with Gasteiger partial charge in [-0.05, 0) is 111 Å². The molecule has 0 aromatic heterocycles. The van der Waals surface area contributed by atoms with Crippen LogP contribution in [0.25, 0.3) is 0 Å². The molecule has 5 aliphatic carbocycles. The highest BCUT2D eigenvalue weighted by molar-refractivity contribution is 5.74. The van der Waals surface area contributed by atoms with Crippen LogP contribution in [-0.4, -0.2) is 23.1 Å². The first-order chi connectivity index (χ1) is 16.5. The van der Waals surface area contributed by atoms with Gasteiger partial charge in [-0.3, -0.25) is 9.59 Å². The first-order valence-corrected chi connectivity index (χ1v) is 14.6. The second-order valence-corrected chi connectivity index (χ2v) is 15.5. The minimum Gasteiger partial charge on any atom is -0.481 e. The number of esters is 1. The molecule has 0 amide bonds. The predicted octanol–water partition coefficient (Wildman–Crippen LogP) is 7.80. The molecule has 4 fully saturated rings. The van der Waals surface area contributed by atoms with Gasteiger partial charge in [-0.25, -0.2) is 0 Å². The molecule has 36 heavy (non-hydrogen) atoms. The summed E-state index contributed by atoms with van der Waals surface area (Å²) in [6, 6.07) is 0. The van der Waals surface area contributed by atoms with Crippen LogP contribution in [0.4, 0.5) is 0 Å². The van der Waals surface area contributed by atoms with E-state index in [2.05, 4.69) is 47.6 Å². The molecule has 0 unspecified atom stereocenters. The van der Waals surface area contributed by atoms with Crippen molar-refractivity contribution in [2.45, 2.75) is 126 Å². The average molecular weight is 499 g/mol. The lowest BCUT2D eigenvalue weighted by Crippen LogP contribution is -2.64. The number of carbonyl (C=O) groups excluding carboxylic acids is 1. The highest BCUT2D eigenvalue weighted by atomic mass is 16.5. The Morgan fingerprint density at radius 2 is 1.56 bits per heavy atom. The molecule has 4 nitrogen and oxygen atoms in total. The van der Waals surface area contributed by atoms with Gasteiger partial charge in [0, 0.05) is 12.3 Å². The van der Waals surface area contributed by atoms with E-state index in [0.29, 0.717) is 17.8 Å². The molecule has 0 aromatic rings. The van der Waals surface area contributed by atoms with Gasteiger partial charge in [-0.1, -0.05) is 53.2 Å². The Kier molecular flexibility index (Phi) is 5.74. The van der Waals surface area contributed by atoms with Crippen LogP contribution in [0.2, 0.25) is 0 Å². The van der Waals surface area contributed by atoms with Gasteiger partial charge in [0.15, 0.2) is 0 Å². The Labute approximate surface area is 219 Å². The summed E-state index contributed by atoms with van der Waals surface area (Å²) in [7, 11) is 0. The van der Waals surface area contributed by atoms with Crippen molar-refractivity contribution < 1.29 is 19.4 Å². The number of hydrogen-bond acceptors (Lipinski definition) is 3. The summed E-state index contributed by atoms with van der Waals surface area (Å²) in [5.74, 6) is 0.760. The summed E-state index contributed by atoms with van der Waals surface area (Å²) < 4.78 is 5.88. The van der Waals surface area contributed by atoms with Gasteiger partial charge in [0.25, 0.3) is 0 Å². The molecule has 0 heterocycles. The fourth-order valence-electron chi connectivity index (χ4n) is 10.9. The quantitative estimate of drug-likeness (QED) is 0.311. The van der Waals surface area contributed by atoms with Gasteiger partial charge in [0.1, 0.15) is 6.10 Å². The smallest absolute Gasteiger partial charge is 0.309 e. The largest absolute Gasteiger partial charge is 0.481 e. The predicted molar refractivity (Wildman–Crippen MR) is 142 cm³/mol. The van der Waals surface area contributed by atoms with Crippen LogP contribution in [0.15, 0.2) is 11.6 Å². The van der Waals surface area contributed by atoms with Crippen molar-refractivity contribution in [2.75, 3.05) is 0 Å². The summed E-state index contributed by atoms with van der Waals surface area (Å²) in [6.07, 6.45) is 13.3. The van der Waals surface area contributed by atoms with E-state index in [0.717, 1.165) is 38.5 Å². The van der Waals surface area contributed by atoms with E-state index in [1.54, 1.807) is 12.5 Å². The Morgan fingerprint density at radius 1 is 0.889 bits per heavy atom. The maximum atomic E-state index is 12.3. The third-order valence-corrected chi connectivity index (χ3v) is 13.6. The minimum atomic E-state index is -0.614. The third kappa shape index (κ3) is 3.30. The highest BCUT2D eigenvalue weighted by Gasteiger charge is 2.68. The molecule has 0 radical (unpaired) electrons. The molecule has 0 saturated heterocycles. The fraction of sp³-hybridized carbons (Fsp3) is 0.875. The van der Waals surface area contributed by atoms with Crippen LogP contribution in [0.5, 0.6) is 0 Å². The van der Waals surface area contributed by atoms with E-state index in [1.807, 2.05) is 6.92 Å². The number of rotatable bonds is 2. The standard InChI is InChI=1S/C32H50O4/c1-20(33)36-25-12-13-30(6)23(27(25,2)3)11-14-32(8)24(30)10-9-21-22-19-29(5,26(34)35)16-15-28(22,4)17-18-31(21,32)7/h9,22-25H,10-19H2,1-8H3,(H,34,35)/t22-,23-,24+,25-,28+,29+,30-,31+,32+/m0/s1. The van der Waals surface area contributed by atoms with Gasteiger partial charge < -0.3 is 9.84 Å². The summed E-state index contributed by atoms with van der Waals surface area (Å²) in [6.45, 7) is 18.4. The van der Waals surface area contributed by atoms with Crippen molar-refractivity contribution in [1.29, 1.82) is 0 Å². The van der Waals surface area contributed by atoms with E-state index >= 15 is 0 Å². The van der Waals surface area contributed by atoms with Gasteiger partial charge >= 0.3 is 11.9 Å².